The molecule has 1 saturated carbocycles. The summed E-state index contributed by atoms with van der Waals surface area (Å²) in [5.41, 5.74) is 1.88. The number of amides is 2. The van der Waals surface area contributed by atoms with Gasteiger partial charge in [-0.3, -0.25) is 9.59 Å². The van der Waals surface area contributed by atoms with E-state index >= 15 is 0 Å². The lowest BCUT2D eigenvalue weighted by Crippen LogP contribution is -2.53. The van der Waals surface area contributed by atoms with Crippen LogP contribution >= 0.6 is 27.5 Å². The molecule has 0 aliphatic heterocycles. The summed E-state index contributed by atoms with van der Waals surface area (Å²) in [5, 5.41) is 5.97. The van der Waals surface area contributed by atoms with Gasteiger partial charge in [0.15, 0.2) is 6.61 Å². The van der Waals surface area contributed by atoms with Gasteiger partial charge in [0.1, 0.15) is 11.8 Å². The van der Waals surface area contributed by atoms with Crippen molar-refractivity contribution >= 4 is 50.1 Å². The van der Waals surface area contributed by atoms with Crippen LogP contribution in [-0.4, -0.2) is 35.4 Å². The maximum absolute atomic E-state index is 14.0. The average Bonchev–Trinajstić information content (AvgIpc) is 3.00. The molecule has 1 unspecified atom stereocenters. The van der Waals surface area contributed by atoms with Crippen molar-refractivity contribution in [1.29, 1.82) is 0 Å². The Balaban J connectivity index is 1.42. The Morgan fingerprint density at radius 3 is 2.34 bits per heavy atom. The van der Waals surface area contributed by atoms with E-state index in [0.29, 0.717) is 17.2 Å². The molecule has 1 fully saturated rings. The molecule has 1 atom stereocenters. The van der Waals surface area contributed by atoms with E-state index in [2.05, 4.69) is 21.2 Å². The van der Waals surface area contributed by atoms with E-state index < -0.39 is 6.04 Å². The van der Waals surface area contributed by atoms with Crippen molar-refractivity contribution in [2.45, 2.75) is 57.2 Å². The summed E-state index contributed by atoms with van der Waals surface area (Å²) < 4.78 is 6.88. The molecule has 0 radical (unpaired) electrons. The second-order valence-electron chi connectivity index (χ2n) is 10.6. The fourth-order valence-corrected chi connectivity index (χ4v) is 6.17. The van der Waals surface area contributed by atoms with Crippen molar-refractivity contribution in [2.75, 3.05) is 6.61 Å². The van der Waals surface area contributed by atoms with Crippen molar-refractivity contribution in [3.63, 3.8) is 0 Å². The van der Waals surface area contributed by atoms with Crippen LogP contribution in [0.4, 0.5) is 0 Å². The number of hydrogen-bond donors (Lipinski definition) is 1. The van der Waals surface area contributed by atoms with Crippen LogP contribution in [0.1, 0.15) is 43.2 Å². The number of halogens is 2. The molecule has 0 aromatic heterocycles. The molecule has 0 spiro atoms. The largest absolute Gasteiger partial charge is 0.483 e. The topological polar surface area (TPSA) is 58.6 Å². The quantitative estimate of drug-likeness (QED) is 0.195. The molecule has 41 heavy (non-hydrogen) atoms. The maximum Gasteiger partial charge on any atom is 0.261 e. The van der Waals surface area contributed by atoms with Gasteiger partial charge < -0.3 is 15.0 Å². The number of carbonyl (C=O) groups excluding carboxylic acids is 2. The normalized spacial score (nSPS) is 14.4. The molecule has 5 nitrogen and oxygen atoms in total. The van der Waals surface area contributed by atoms with Crippen LogP contribution in [0.25, 0.3) is 10.8 Å². The lowest BCUT2D eigenvalue weighted by molar-refractivity contribution is -0.143. The smallest absolute Gasteiger partial charge is 0.261 e. The zero-order chi connectivity index (χ0) is 28.6. The van der Waals surface area contributed by atoms with E-state index in [1.807, 2.05) is 78.9 Å². The van der Waals surface area contributed by atoms with Crippen LogP contribution in [0.15, 0.2) is 95.5 Å². The third kappa shape index (κ3) is 7.69. The molecule has 1 aliphatic carbocycles. The second kappa shape index (κ2) is 14.0. The van der Waals surface area contributed by atoms with Gasteiger partial charge in [-0.1, -0.05) is 104 Å². The van der Waals surface area contributed by atoms with E-state index in [-0.39, 0.29) is 31.0 Å². The fraction of sp³-hybridized carbons (Fsp3) is 0.294. The highest BCUT2D eigenvalue weighted by Crippen LogP contribution is 2.33. The van der Waals surface area contributed by atoms with E-state index in [0.717, 1.165) is 52.1 Å². The SMILES string of the molecule is O=C(NC1CCCCC1)C(Cc1ccccc1)N(Cc1ccc(Cl)cc1)C(=O)COc1ccc2ccccc2c1Br. The van der Waals surface area contributed by atoms with Crippen molar-refractivity contribution in [3.05, 3.63) is 112 Å². The summed E-state index contributed by atoms with van der Waals surface area (Å²) >= 11 is 9.80. The Kier molecular flexibility index (Phi) is 9.97. The van der Waals surface area contributed by atoms with Crippen molar-refractivity contribution < 1.29 is 14.3 Å². The summed E-state index contributed by atoms with van der Waals surface area (Å²) in [6, 6.07) is 28.5. The molecule has 4 aromatic carbocycles. The lowest BCUT2D eigenvalue weighted by Gasteiger charge is -2.33. The molecule has 0 saturated heterocycles. The van der Waals surface area contributed by atoms with Crippen LogP contribution in [-0.2, 0) is 22.6 Å². The Morgan fingerprint density at radius 2 is 1.59 bits per heavy atom. The van der Waals surface area contributed by atoms with E-state index in [4.69, 9.17) is 16.3 Å². The number of nitrogens with zero attached hydrogens (tertiary/aromatic N) is 1. The maximum atomic E-state index is 14.0. The molecular formula is C34H34BrClN2O3. The first-order chi connectivity index (χ1) is 20.0. The highest BCUT2D eigenvalue weighted by molar-refractivity contribution is 9.10. The number of fused-ring (bicyclic) bond motifs is 1. The molecule has 0 bridgehead atoms. The average molecular weight is 634 g/mol. The minimum atomic E-state index is -0.703. The number of carbonyl (C=O) groups is 2. The summed E-state index contributed by atoms with van der Waals surface area (Å²) in [6.45, 7) is 0.0559. The standard InChI is InChI=1S/C34H34BrClN2O3/c35-33-29-14-8-7-11-26(29)17-20-31(33)41-23-32(39)38(22-25-15-18-27(36)19-16-25)30(21-24-9-3-1-4-10-24)34(40)37-28-12-5-2-6-13-28/h1,3-4,7-11,14-20,28,30H,2,5-6,12-13,21-23H2,(H,37,40). The predicted octanol–water partition coefficient (Wildman–Crippen LogP) is 7.72. The van der Waals surface area contributed by atoms with Gasteiger partial charge in [0, 0.05) is 24.0 Å². The molecular weight excluding hydrogens is 600 g/mol. The number of benzene rings is 4. The van der Waals surface area contributed by atoms with E-state index in [1.165, 1.54) is 6.42 Å². The molecule has 7 heteroatoms. The van der Waals surface area contributed by atoms with Crippen LogP contribution in [0.5, 0.6) is 5.75 Å². The molecule has 2 amide bonds. The number of rotatable bonds is 10. The first-order valence-corrected chi connectivity index (χ1v) is 15.3. The van der Waals surface area contributed by atoms with Gasteiger partial charge in [-0.05, 0) is 68.9 Å². The van der Waals surface area contributed by atoms with Gasteiger partial charge in [-0.25, -0.2) is 0 Å². The van der Waals surface area contributed by atoms with Gasteiger partial charge in [-0.2, -0.15) is 0 Å². The minimum Gasteiger partial charge on any atom is -0.483 e. The van der Waals surface area contributed by atoms with E-state index in [9.17, 15) is 9.59 Å². The molecule has 0 heterocycles. The van der Waals surface area contributed by atoms with Gasteiger partial charge in [0.25, 0.3) is 5.91 Å². The van der Waals surface area contributed by atoms with Crippen LogP contribution in [0, 0.1) is 0 Å². The zero-order valence-electron chi connectivity index (χ0n) is 22.9. The Bertz CT molecular complexity index is 1470. The number of hydrogen-bond acceptors (Lipinski definition) is 3. The Hall–Kier alpha value is -3.35. The van der Waals surface area contributed by atoms with Crippen LogP contribution in [0.2, 0.25) is 5.02 Å². The first kappa shape index (κ1) is 29.2. The summed E-state index contributed by atoms with van der Waals surface area (Å²) in [7, 11) is 0. The lowest BCUT2D eigenvalue weighted by atomic mass is 9.94. The first-order valence-electron chi connectivity index (χ1n) is 14.2. The van der Waals surface area contributed by atoms with E-state index in [1.54, 1.807) is 17.0 Å². The highest BCUT2D eigenvalue weighted by Gasteiger charge is 2.32. The van der Waals surface area contributed by atoms with Crippen molar-refractivity contribution in [2.24, 2.45) is 0 Å². The van der Waals surface area contributed by atoms with Gasteiger partial charge in [0.05, 0.1) is 4.47 Å². The number of ether oxygens (including phenoxy) is 1. The number of nitrogens with one attached hydrogen (secondary N) is 1. The Morgan fingerprint density at radius 1 is 0.878 bits per heavy atom. The summed E-state index contributed by atoms with van der Waals surface area (Å²) in [4.78, 5) is 29.5. The molecule has 1 N–H and O–H groups in total. The molecule has 4 aromatic rings. The highest BCUT2D eigenvalue weighted by atomic mass is 79.9. The minimum absolute atomic E-state index is 0.130. The van der Waals surface area contributed by atoms with Gasteiger partial charge in [0.2, 0.25) is 5.91 Å². The monoisotopic (exact) mass is 632 g/mol. The van der Waals surface area contributed by atoms with Crippen LogP contribution < -0.4 is 10.1 Å². The molecule has 212 valence electrons. The predicted molar refractivity (Wildman–Crippen MR) is 168 cm³/mol. The third-order valence-electron chi connectivity index (χ3n) is 7.67. The fourth-order valence-electron chi connectivity index (χ4n) is 5.43. The molecule has 5 rings (SSSR count). The van der Waals surface area contributed by atoms with Crippen molar-refractivity contribution in [1.82, 2.24) is 10.2 Å². The summed E-state index contributed by atoms with van der Waals surface area (Å²) in [5.74, 6) is 0.185. The second-order valence-corrected chi connectivity index (χ2v) is 11.8. The van der Waals surface area contributed by atoms with Gasteiger partial charge >= 0.3 is 0 Å². The third-order valence-corrected chi connectivity index (χ3v) is 8.74. The summed E-state index contributed by atoms with van der Waals surface area (Å²) in [6.07, 6.45) is 5.75. The van der Waals surface area contributed by atoms with Crippen molar-refractivity contribution in [3.8, 4) is 5.75 Å². The van der Waals surface area contributed by atoms with Crippen LogP contribution in [0.3, 0.4) is 0 Å². The molecule has 1 aliphatic rings. The van der Waals surface area contributed by atoms with Gasteiger partial charge in [-0.15, -0.1) is 0 Å². The Labute approximate surface area is 255 Å². The zero-order valence-corrected chi connectivity index (χ0v) is 25.2.